The molecule has 0 amide bonds. The second-order valence-electron chi connectivity index (χ2n) is 3.45. The number of hydrogen-bond acceptors (Lipinski definition) is 3. The van der Waals surface area contributed by atoms with Crippen molar-refractivity contribution in [2.75, 3.05) is 12.4 Å². The van der Waals surface area contributed by atoms with Crippen molar-refractivity contribution < 1.29 is 9.53 Å². The van der Waals surface area contributed by atoms with Crippen LogP contribution in [0.4, 0.5) is 5.69 Å². The van der Waals surface area contributed by atoms with E-state index in [0.717, 1.165) is 14.6 Å². The van der Waals surface area contributed by atoms with Gasteiger partial charge < -0.3 is 10.1 Å². The number of rotatable bonds is 4. The van der Waals surface area contributed by atoms with Crippen LogP contribution in [-0.2, 0) is 9.53 Å². The molecular formula is C11H13Br2NO2. The number of ether oxygens (including phenoxy) is 1. The number of benzene rings is 1. The van der Waals surface area contributed by atoms with E-state index in [1.54, 1.807) is 0 Å². The van der Waals surface area contributed by atoms with Crippen LogP contribution in [0.3, 0.4) is 0 Å². The molecule has 0 fully saturated rings. The third-order valence-electron chi connectivity index (χ3n) is 2.03. The van der Waals surface area contributed by atoms with E-state index in [2.05, 4.69) is 41.9 Å². The molecule has 0 heterocycles. The molecule has 0 aliphatic rings. The molecule has 1 aromatic rings. The molecule has 0 spiro atoms. The maximum atomic E-state index is 11.1. The van der Waals surface area contributed by atoms with Crippen molar-refractivity contribution >= 4 is 43.5 Å². The van der Waals surface area contributed by atoms with Gasteiger partial charge in [0, 0.05) is 20.7 Å². The highest BCUT2D eigenvalue weighted by Crippen LogP contribution is 2.26. The first kappa shape index (κ1) is 13.5. The van der Waals surface area contributed by atoms with E-state index in [-0.39, 0.29) is 12.0 Å². The van der Waals surface area contributed by atoms with E-state index in [0.29, 0.717) is 6.42 Å². The van der Waals surface area contributed by atoms with E-state index in [1.807, 2.05) is 25.1 Å². The summed E-state index contributed by atoms with van der Waals surface area (Å²) in [4.78, 5) is 11.1. The summed E-state index contributed by atoms with van der Waals surface area (Å²) in [7, 11) is 1.39. The van der Waals surface area contributed by atoms with Crippen molar-refractivity contribution in [3.63, 3.8) is 0 Å². The fourth-order valence-electron chi connectivity index (χ4n) is 1.26. The van der Waals surface area contributed by atoms with Gasteiger partial charge in [0.2, 0.25) is 0 Å². The minimum atomic E-state index is -0.217. The molecule has 0 bridgehead atoms. The van der Waals surface area contributed by atoms with Gasteiger partial charge in [-0.25, -0.2) is 0 Å². The monoisotopic (exact) mass is 349 g/mol. The lowest BCUT2D eigenvalue weighted by atomic mass is 10.2. The van der Waals surface area contributed by atoms with E-state index in [1.165, 1.54) is 7.11 Å². The summed E-state index contributed by atoms with van der Waals surface area (Å²) in [5.41, 5.74) is 0.950. The van der Waals surface area contributed by atoms with Gasteiger partial charge in [0.25, 0.3) is 0 Å². The van der Waals surface area contributed by atoms with Crippen molar-refractivity contribution in [1.82, 2.24) is 0 Å². The molecule has 3 nitrogen and oxygen atoms in total. The zero-order valence-corrected chi connectivity index (χ0v) is 12.3. The molecule has 0 aliphatic heterocycles. The first-order valence-corrected chi connectivity index (χ1v) is 6.40. The van der Waals surface area contributed by atoms with E-state index in [9.17, 15) is 4.79 Å². The zero-order valence-electron chi connectivity index (χ0n) is 9.09. The molecule has 88 valence electrons. The normalized spacial score (nSPS) is 12.0. The second kappa shape index (κ2) is 6.25. The predicted octanol–water partition coefficient (Wildman–Crippen LogP) is 3.58. The van der Waals surface area contributed by atoms with Crippen LogP contribution in [0.5, 0.6) is 0 Å². The minimum absolute atomic E-state index is 0.0260. The molecule has 5 heteroatoms. The van der Waals surface area contributed by atoms with Gasteiger partial charge in [-0.15, -0.1) is 0 Å². The maximum Gasteiger partial charge on any atom is 0.307 e. The molecule has 0 aliphatic carbocycles. The Labute approximate surface area is 112 Å². The van der Waals surface area contributed by atoms with E-state index in [4.69, 9.17) is 0 Å². The lowest BCUT2D eigenvalue weighted by Crippen LogP contribution is -2.20. The van der Waals surface area contributed by atoms with Gasteiger partial charge in [0.15, 0.2) is 0 Å². The third-order valence-corrected chi connectivity index (χ3v) is 3.22. The Morgan fingerprint density at radius 2 is 2.19 bits per heavy atom. The fourth-order valence-corrected chi connectivity index (χ4v) is 1.98. The zero-order chi connectivity index (χ0) is 12.1. The largest absolute Gasteiger partial charge is 0.469 e. The van der Waals surface area contributed by atoms with Crippen LogP contribution in [-0.4, -0.2) is 19.1 Å². The molecule has 16 heavy (non-hydrogen) atoms. The summed E-state index contributed by atoms with van der Waals surface area (Å²) in [6.45, 7) is 1.93. The average Bonchev–Trinajstić information content (AvgIpc) is 2.23. The Balaban J connectivity index is 2.65. The van der Waals surface area contributed by atoms with Gasteiger partial charge in [-0.05, 0) is 41.1 Å². The molecule has 0 radical (unpaired) electrons. The number of carbonyl (C=O) groups excluding carboxylic acids is 1. The molecule has 0 saturated carbocycles. The number of carbonyl (C=O) groups is 1. The summed E-state index contributed by atoms with van der Waals surface area (Å²) in [5, 5.41) is 3.24. The lowest BCUT2D eigenvalue weighted by Gasteiger charge is -2.15. The summed E-state index contributed by atoms with van der Waals surface area (Å²) in [6.07, 6.45) is 0.343. The van der Waals surface area contributed by atoms with Gasteiger partial charge in [0.05, 0.1) is 13.5 Å². The third kappa shape index (κ3) is 4.14. The molecule has 1 unspecified atom stereocenters. The Morgan fingerprint density at radius 3 is 2.81 bits per heavy atom. The fraction of sp³-hybridized carbons (Fsp3) is 0.364. The first-order valence-electron chi connectivity index (χ1n) is 4.81. The molecule has 0 saturated heterocycles. The second-order valence-corrected chi connectivity index (χ2v) is 5.22. The van der Waals surface area contributed by atoms with Gasteiger partial charge in [0.1, 0.15) is 0 Å². The van der Waals surface area contributed by atoms with E-state index >= 15 is 0 Å². The van der Waals surface area contributed by atoms with Crippen molar-refractivity contribution in [3.05, 3.63) is 27.1 Å². The van der Waals surface area contributed by atoms with E-state index < -0.39 is 0 Å². The van der Waals surface area contributed by atoms with Gasteiger partial charge in [-0.3, -0.25) is 4.79 Å². The molecule has 1 aromatic carbocycles. The van der Waals surface area contributed by atoms with Crippen molar-refractivity contribution in [2.24, 2.45) is 0 Å². The van der Waals surface area contributed by atoms with Crippen LogP contribution < -0.4 is 5.32 Å². The number of nitrogens with one attached hydrogen (secondary N) is 1. The number of esters is 1. The number of hydrogen-bond donors (Lipinski definition) is 1. The molecular weight excluding hydrogens is 338 g/mol. The minimum Gasteiger partial charge on any atom is -0.469 e. The van der Waals surface area contributed by atoms with Crippen molar-refractivity contribution in [1.29, 1.82) is 0 Å². The predicted molar refractivity (Wildman–Crippen MR) is 71.6 cm³/mol. The van der Waals surface area contributed by atoms with Crippen LogP contribution in [0.1, 0.15) is 13.3 Å². The summed E-state index contributed by atoms with van der Waals surface area (Å²) in [6, 6.07) is 5.87. The Bertz CT molecular complexity index is 382. The first-order chi connectivity index (χ1) is 7.52. The number of methoxy groups -OCH3 is 1. The standard InChI is InChI=1S/C11H13Br2NO2/c1-7(5-11(15)16-2)14-10-6-8(12)3-4-9(10)13/h3-4,6-7,14H,5H2,1-2H3. The summed E-state index contributed by atoms with van der Waals surface area (Å²) >= 11 is 6.84. The van der Waals surface area contributed by atoms with Crippen molar-refractivity contribution in [3.8, 4) is 0 Å². The molecule has 1 N–H and O–H groups in total. The Hall–Kier alpha value is -0.550. The van der Waals surface area contributed by atoms with Crippen LogP contribution in [0.25, 0.3) is 0 Å². The molecule has 1 atom stereocenters. The molecule has 1 rings (SSSR count). The van der Waals surface area contributed by atoms with Gasteiger partial charge in [-0.1, -0.05) is 15.9 Å². The summed E-state index contributed by atoms with van der Waals surface area (Å²) < 4.78 is 6.57. The number of anilines is 1. The quantitative estimate of drug-likeness (QED) is 0.843. The highest BCUT2D eigenvalue weighted by molar-refractivity contribution is 9.11. The topological polar surface area (TPSA) is 38.3 Å². The highest BCUT2D eigenvalue weighted by atomic mass is 79.9. The summed E-state index contributed by atoms with van der Waals surface area (Å²) in [5.74, 6) is -0.217. The van der Waals surface area contributed by atoms with Crippen LogP contribution >= 0.6 is 31.9 Å². The average molecular weight is 351 g/mol. The molecule has 0 aromatic heterocycles. The van der Waals surface area contributed by atoms with Gasteiger partial charge >= 0.3 is 5.97 Å². The number of halogens is 2. The SMILES string of the molecule is COC(=O)CC(C)Nc1cc(Br)ccc1Br. The van der Waals surface area contributed by atoms with Crippen LogP contribution in [0.15, 0.2) is 27.1 Å². The Kier molecular flexibility index (Phi) is 5.28. The maximum absolute atomic E-state index is 11.1. The Morgan fingerprint density at radius 1 is 1.50 bits per heavy atom. The van der Waals surface area contributed by atoms with Crippen LogP contribution in [0, 0.1) is 0 Å². The van der Waals surface area contributed by atoms with Crippen molar-refractivity contribution in [2.45, 2.75) is 19.4 Å². The lowest BCUT2D eigenvalue weighted by molar-refractivity contribution is -0.140. The highest BCUT2D eigenvalue weighted by Gasteiger charge is 2.10. The smallest absolute Gasteiger partial charge is 0.307 e. The van der Waals surface area contributed by atoms with Gasteiger partial charge in [-0.2, -0.15) is 0 Å². The van der Waals surface area contributed by atoms with Crippen LogP contribution in [0.2, 0.25) is 0 Å².